The number of hydrogen-bond acceptors (Lipinski definition) is 5. The van der Waals surface area contributed by atoms with Crippen LogP contribution in [0.15, 0.2) is 87.8 Å². The van der Waals surface area contributed by atoms with Gasteiger partial charge < -0.3 is 10.5 Å². The highest BCUT2D eigenvalue weighted by Crippen LogP contribution is 2.51. The zero-order valence-corrected chi connectivity index (χ0v) is 25.4. The van der Waals surface area contributed by atoms with E-state index in [2.05, 4.69) is 48.0 Å². The third-order valence-corrected chi connectivity index (χ3v) is 8.51. The van der Waals surface area contributed by atoms with Crippen LogP contribution in [0.1, 0.15) is 54.9 Å². The predicted octanol–water partition coefficient (Wildman–Crippen LogP) is 8.24. The molecule has 7 heteroatoms. The van der Waals surface area contributed by atoms with Crippen molar-refractivity contribution >= 4 is 39.0 Å². The summed E-state index contributed by atoms with van der Waals surface area (Å²) in [6.45, 7) is 8.55. The van der Waals surface area contributed by atoms with Crippen molar-refractivity contribution in [3.05, 3.63) is 115 Å². The van der Waals surface area contributed by atoms with E-state index in [0.29, 0.717) is 47.2 Å². The lowest BCUT2D eigenvalue weighted by Crippen LogP contribution is -2.42. The van der Waals surface area contributed by atoms with Gasteiger partial charge in [0.1, 0.15) is 18.2 Å². The summed E-state index contributed by atoms with van der Waals surface area (Å²) in [4.78, 5) is 15.8. The van der Waals surface area contributed by atoms with Crippen LogP contribution in [0, 0.1) is 30.6 Å². The first-order valence-corrected chi connectivity index (χ1v) is 14.4. The van der Waals surface area contributed by atoms with E-state index in [9.17, 15) is 10.1 Å². The summed E-state index contributed by atoms with van der Waals surface area (Å²) in [6.07, 6.45) is 1.06. The minimum atomic E-state index is -0.563. The molecule has 0 fully saturated rings. The van der Waals surface area contributed by atoms with Gasteiger partial charge in [0.15, 0.2) is 5.78 Å². The average molecular weight is 617 g/mol. The molecule has 0 amide bonds. The van der Waals surface area contributed by atoms with Gasteiger partial charge in [0.2, 0.25) is 0 Å². The maximum Gasteiger partial charge on any atom is 0.162 e. The molecule has 3 aromatic carbocycles. The summed E-state index contributed by atoms with van der Waals surface area (Å²) >= 11 is 9.88. The second kappa shape index (κ2) is 10.8. The lowest BCUT2D eigenvalue weighted by molar-refractivity contribution is -0.118. The first kappa shape index (κ1) is 28.0. The zero-order chi connectivity index (χ0) is 28.8. The maximum absolute atomic E-state index is 13.9. The summed E-state index contributed by atoms with van der Waals surface area (Å²) in [5.74, 6) is 0.435. The number of allylic oxidation sites excluding steroid dienone is 3. The topological polar surface area (TPSA) is 79.4 Å². The second-order valence-corrected chi connectivity index (χ2v) is 12.6. The fourth-order valence-electron chi connectivity index (χ4n) is 5.83. The largest absolute Gasteiger partial charge is 0.487 e. The highest BCUT2D eigenvalue weighted by atomic mass is 79.9. The molecule has 204 valence electrons. The van der Waals surface area contributed by atoms with Gasteiger partial charge in [0.25, 0.3) is 0 Å². The van der Waals surface area contributed by atoms with Crippen LogP contribution in [0.4, 0.5) is 5.69 Å². The molecule has 0 saturated heterocycles. The number of nitrogens with two attached hydrogens (primary N) is 1. The number of Topliss-reactive ketones (excluding diaryl/α,β-unsaturated/α-hetero) is 1. The first-order valence-electron chi connectivity index (χ1n) is 13.2. The number of ketones is 1. The maximum atomic E-state index is 13.9. The van der Waals surface area contributed by atoms with Gasteiger partial charge in [-0.2, -0.15) is 5.26 Å². The van der Waals surface area contributed by atoms with E-state index < -0.39 is 5.92 Å². The molecule has 1 aliphatic carbocycles. The number of carbonyl (C=O) groups is 1. The van der Waals surface area contributed by atoms with Crippen LogP contribution in [-0.2, 0) is 11.4 Å². The van der Waals surface area contributed by atoms with Crippen molar-refractivity contribution in [3.63, 3.8) is 0 Å². The Morgan fingerprint density at radius 2 is 1.85 bits per heavy atom. The van der Waals surface area contributed by atoms with E-state index in [1.54, 1.807) is 6.07 Å². The molecule has 1 unspecified atom stereocenters. The van der Waals surface area contributed by atoms with Gasteiger partial charge in [0, 0.05) is 27.9 Å². The molecule has 0 spiro atoms. The van der Waals surface area contributed by atoms with Crippen LogP contribution in [0.25, 0.3) is 0 Å². The number of hydrogen-bond donors (Lipinski definition) is 1. The highest BCUT2D eigenvalue weighted by molar-refractivity contribution is 9.10. The number of anilines is 1. The standard InChI is InChI=1S/C33H31BrClN3O2/c1-19-12-20(2)24(13-21(19)18-40-29-11-6-5-10-26(29)35)30-25(17-36)32(37)38(23-9-7-8-22(34)14-23)27-15-33(3,4)16-28(39)31(27)30/h5-14,30H,15-16,18,37H2,1-4H3. The molecular formula is C33H31BrClN3O2. The van der Waals surface area contributed by atoms with Crippen molar-refractivity contribution in [2.24, 2.45) is 11.1 Å². The Balaban J connectivity index is 1.67. The minimum Gasteiger partial charge on any atom is -0.487 e. The molecule has 5 rings (SSSR count). The molecule has 5 nitrogen and oxygen atoms in total. The lowest BCUT2D eigenvalue weighted by atomic mass is 9.68. The van der Waals surface area contributed by atoms with Crippen molar-refractivity contribution in [1.29, 1.82) is 5.26 Å². The number of halogens is 2. The van der Waals surface area contributed by atoms with Crippen molar-refractivity contribution < 1.29 is 9.53 Å². The molecule has 1 aliphatic heterocycles. The van der Waals surface area contributed by atoms with Gasteiger partial charge in [-0.05, 0) is 78.3 Å². The van der Waals surface area contributed by atoms with Crippen molar-refractivity contribution in [1.82, 2.24) is 0 Å². The summed E-state index contributed by atoms with van der Waals surface area (Å²) in [5.41, 5.74) is 13.2. The Morgan fingerprint density at radius 1 is 1.10 bits per heavy atom. The molecule has 0 aromatic heterocycles. The van der Waals surface area contributed by atoms with Gasteiger partial charge in [-0.15, -0.1) is 0 Å². The highest BCUT2D eigenvalue weighted by Gasteiger charge is 2.45. The molecule has 0 radical (unpaired) electrons. The Morgan fingerprint density at radius 3 is 2.55 bits per heavy atom. The number of para-hydroxylation sites is 1. The Labute approximate surface area is 249 Å². The molecule has 2 N–H and O–H groups in total. The Hall–Kier alpha value is -3.53. The van der Waals surface area contributed by atoms with Gasteiger partial charge >= 0.3 is 0 Å². The third-order valence-electron chi connectivity index (χ3n) is 7.70. The Bertz CT molecular complexity index is 1630. The number of nitrogens with zero attached hydrogens (tertiary/aromatic N) is 2. The Kier molecular flexibility index (Phi) is 7.56. The van der Waals surface area contributed by atoms with E-state index in [1.807, 2.05) is 61.2 Å². The van der Waals surface area contributed by atoms with Gasteiger partial charge in [0.05, 0.1) is 22.6 Å². The van der Waals surface area contributed by atoms with E-state index in [1.165, 1.54) is 0 Å². The first-order chi connectivity index (χ1) is 19.0. The van der Waals surface area contributed by atoms with E-state index in [0.717, 1.165) is 38.1 Å². The monoisotopic (exact) mass is 615 g/mol. The minimum absolute atomic E-state index is 0.0466. The van der Waals surface area contributed by atoms with Crippen molar-refractivity contribution in [3.8, 4) is 11.8 Å². The number of nitriles is 1. The molecule has 0 bridgehead atoms. The van der Waals surface area contributed by atoms with E-state index in [4.69, 9.17) is 22.1 Å². The van der Waals surface area contributed by atoms with Crippen LogP contribution in [0.3, 0.4) is 0 Å². The molecule has 1 atom stereocenters. The fourth-order valence-corrected chi connectivity index (χ4v) is 6.41. The van der Waals surface area contributed by atoms with Crippen LogP contribution in [0.5, 0.6) is 5.75 Å². The van der Waals surface area contributed by atoms with Crippen molar-refractivity contribution in [2.75, 3.05) is 4.90 Å². The molecule has 3 aromatic rings. The van der Waals surface area contributed by atoms with Gasteiger partial charge in [-0.3, -0.25) is 9.69 Å². The van der Waals surface area contributed by atoms with E-state index >= 15 is 0 Å². The quantitative estimate of drug-likeness (QED) is 0.312. The second-order valence-electron chi connectivity index (χ2n) is 11.3. The third kappa shape index (κ3) is 5.16. The fraction of sp³-hybridized carbons (Fsp3) is 0.273. The van der Waals surface area contributed by atoms with Crippen LogP contribution in [-0.4, -0.2) is 5.78 Å². The molecule has 40 heavy (non-hydrogen) atoms. The summed E-state index contributed by atoms with van der Waals surface area (Å²) in [7, 11) is 0. The number of ether oxygens (including phenoxy) is 1. The van der Waals surface area contributed by atoms with Crippen LogP contribution < -0.4 is 15.4 Å². The number of benzene rings is 3. The van der Waals surface area contributed by atoms with Crippen molar-refractivity contribution in [2.45, 2.75) is 53.1 Å². The number of rotatable bonds is 5. The number of aryl methyl sites for hydroxylation is 2. The molecule has 2 aliphatic rings. The van der Waals surface area contributed by atoms with Gasteiger partial charge in [-0.1, -0.05) is 71.7 Å². The molecule has 1 heterocycles. The summed E-state index contributed by atoms with van der Waals surface area (Å²) in [6, 6.07) is 21.7. The van der Waals surface area contributed by atoms with Gasteiger partial charge in [-0.25, -0.2) is 0 Å². The molecular weight excluding hydrogens is 586 g/mol. The smallest absolute Gasteiger partial charge is 0.162 e. The molecule has 0 saturated carbocycles. The van der Waals surface area contributed by atoms with Crippen LogP contribution in [0.2, 0.25) is 5.02 Å². The van der Waals surface area contributed by atoms with E-state index in [-0.39, 0.29) is 11.2 Å². The number of carbonyl (C=O) groups excluding carboxylic acids is 1. The lowest BCUT2D eigenvalue weighted by Gasteiger charge is -2.44. The summed E-state index contributed by atoms with van der Waals surface area (Å²) < 4.78 is 6.96. The normalized spacial score (nSPS) is 18.5. The average Bonchev–Trinajstić information content (AvgIpc) is 2.88. The SMILES string of the molecule is Cc1cc(C)c(C2C(C#N)=C(N)N(c3cccc(Br)c3)C3=C2C(=O)CC(C)(C)C3)cc1COc1ccccc1Cl. The summed E-state index contributed by atoms with van der Waals surface area (Å²) in [5, 5.41) is 11.0. The zero-order valence-electron chi connectivity index (χ0n) is 23.0. The predicted molar refractivity (Wildman–Crippen MR) is 163 cm³/mol. The van der Waals surface area contributed by atoms with Crippen LogP contribution >= 0.6 is 27.5 Å².